The number of nitrogens with zero attached hydrogens (tertiary/aromatic N) is 1. The number of carbonyl (C=O) groups excluding carboxylic acids is 1. The first-order chi connectivity index (χ1) is 10.9. The van der Waals surface area contributed by atoms with Crippen molar-refractivity contribution in [2.75, 3.05) is 4.31 Å². The molecule has 0 atom stereocenters. The van der Waals surface area contributed by atoms with Gasteiger partial charge >= 0.3 is 0 Å². The third-order valence-electron chi connectivity index (χ3n) is 3.31. The van der Waals surface area contributed by atoms with Crippen molar-refractivity contribution in [2.45, 2.75) is 18.7 Å². The number of hydrogen-bond donors (Lipinski definition) is 0. The molecule has 0 radical (unpaired) electrons. The molecule has 0 bridgehead atoms. The molecule has 23 heavy (non-hydrogen) atoms. The Kier molecular flexibility index (Phi) is 4.84. The monoisotopic (exact) mass is 327 g/mol. The van der Waals surface area contributed by atoms with Crippen LogP contribution in [-0.4, -0.2) is 14.2 Å². The van der Waals surface area contributed by atoms with Crippen LogP contribution in [0.3, 0.4) is 0 Å². The number of sulfonamides is 1. The number of ketones is 1. The van der Waals surface area contributed by atoms with Gasteiger partial charge in [0.15, 0.2) is 5.78 Å². The molecule has 0 aliphatic heterocycles. The Hall–Kier alpha value is -2.62. The summed E-state index contributed by atoms with van der Waals surface area (Å²) in [6.45, 7) is 6.80. The summed E-state index contributed by atoms with van der Waals surface area (Å²) in [5, 5.41) is 0. The van der Waals surface area contributed by atoms with Gasteiger partial charge in [-0.1, -0.05) is 24.3 Å². The smallest absolute Gasteiger partial charge is 0.268 e. The van der Waals surface area contributed by atoms with Crippen molar-refractivity contribution in [2.24, 2.45) is 0 Å². The van der Waals surface area contributed by atoms with Gasteiger partial charge in [-0.25, -0.2) is 12.7 Å². The van der Waals surface area contributed by atoms with Gasteiger partial charge in [-0.05, 0) is 50.2 Å². The van der Waals surface area contributed by atoms with Crippen LogP contribution < -0.4 is 4.31 Å². The molecule has 0 N–H and O–H groups in total. The van der Waals surface area contributed by atoms with E-state index in [0.29, 0.717) is 11.3 Å². The minimum Gasteiger partial charge on any atom is -0.295 e. The molecule has 0 saturated carbocycles. The summed E-state index contributed by atoms with van der Waals surface area (Å²) in [5.41, 5.74) is 4.40. The van der Waals surface area contributed by atoms with E-state index in [0.717, 1.165) is 9.87 Å². The number of aryl methyl sites for hydroxylation is 1. The molecule has 0 amide bonds. The van der Waals surface area contributed by atoms with E-state index in [4.69, 9.17) is 0 Å². The second-order valence-corrected chi connectivity index (χ2v) is 6.87. The van der Waals surface area contributed by atoms with Crippen molar-refractivity contribution < 1.29 is 13.2 Å². The van der Waals surface area contributed by atoms with E-state index in [-0.39, 0.29) is 10.7 Å². The van der Waals surface area contributed by atoms with E-state index in [1.807, 2.05) is 6.92 Å². The number of carbonyl (C=O) groups is 1. The molecule has 2 aromatic carbocycles. The lowest BCUT2D eigenvalue weighted by molar-refractivity contribution is 0.101. The molecule has 2 rings (SSSR count). The fraction of sp³-hybridized carbons (Fsp3) is 0.111. The van der Waals surface area contributed by atoms with Gasteiger partial charge in [0.25, 0.3) is 10.0 Å². The summed E-state index contributed by atoms with van der Waals surface area (Å²) in [7, 11) is -3.78. The number of hydrogen-bond acceptors (Lipinski definition) is 3. The zero-order valence-electron chi connectivity index (χ0n) is 13.0. The highest BCUT2D eigenvalue weighted by molar-refractivity contribution is 7.93. The number of benzene rings is 2. The normalized spacial score (nSPS) is 10.7. The average Bonchev–Trinajstić information content (AvgIpc) is 2.53. The number of anilines is 1. The maximum absolute atomic E-state index is 12.8. The minimum atomic E-state index is -3.78. The van der Waals surface area contributed by atoms with Crippen LogP contribution in [0.2, 0.25) is 0 Å². The van der Waals surface area contributed by atoms with Crippen LogP contribution in [0.15, 0.2) is 71.9 Å². The summed E-state index contributed by atoms with van der Waals surface area (Å²) in [4.78, 5) is 11.5. The lowest BCUT2D eigenvalue weighted by Gasteiger charge is -2.20. The molecule has 4 nitrogen and oxygen atoms in total. The molecule has 2 aromatic rings. The molecular formula is C18H17NO3S. The van der Waals surface area contributed by atoms with Gasteiger partial charge in [-0.3, -0.25) is 4.79 Å². The number of rotatable bonds is 5. The van der Waals surface area contributed by atoms with Crippen LogP contribution in [0.5, 0.6) is 0 Å². The molecule has 0 saturated heterocycles. The van der Waals surface area contributed by atoms with Gasteiger partial charge in [0.2, 0.25) is 0 Å². The summed E-state index contributed by atoms with van der Waals surface area (Å²) in [5.74, 6) is -0.0799. The zero-order chi connectivity index (χ0) is 17.0. The van der Waals surface area contributed by atoms with E-state index in [1.165, 1.54) is 13.1 Å². The Bertz CT molecular complexity index is 859. The van der Waals surface area contributed by atoms with Crippen molar-refractivity contribution in [3.63, 3.8) is 0 Å². The van der Waals surface area contributed by atoms with Crippen molar-refractivity contribution in [3.05, 3.63) is 78.2 Å². The largest absolute Gasteiger partial charge is 0.295 e. The Morgan fingerprint density at radius 3 is 2.13 bits per heavy atom. The lowest BCUT2D eigenvalue weighted by Crippen LogP contribution is -2.25. The maximum atomic E-state index is 12.8. The standard InChI is InChI=1S/C18H17NO3S/c1-4-13-19(17-9-7-16(8-10-17)15(3)20)23(21,22)18-11-5-14(2)6-12-18/h5-13H,1H2,2-3H3. The molecular weight excluding hydrogens is 310 g/mol. The lowest BCUT2D eigenvalue weighted by atomic mass is 10.1. The highest BCUT2D eigenvalue weighted by Crippen LogP contribution is 2.24. The van der Waals surface area contributed by atoms with Gasteiger partial charge in [0.1, 0.15) is 0 Å². The highest BCUT2D eigenvalue weighted by atomic mass is 32.2. The van der Waals surface area contributed by atoms with Crippen LogP contribution >= 0.6 is 0 Å². The molecule has 0 fully saturated rings. The predicted molar refractivity (Wildman–Crippen MR) is 91.0 cm³/mol. The summed E-state index contributed by atoms with van der Waals surface area (Å²) < 4.78 is 26.7. The summed E-state index contributed by atoms with van der Waals surface area (Å²) in [6, 6.07) is 12.9. The third kappa shape index (κ3) is 3.59. The van der Waals surface area contributed by atoms with Crippen molar-refractivity contribution in [1.82, 2.24) is 0 Å². The van der Waals surface area contributed by atoms with Crippen molar-refractivity contribution in [1.29, 1.82) is 0 Å². The van der Waals surface area contributed by atoms with Crippen LogP contribution in [0.1, 0.15) is 22.8 Å². The Morgan fingerprint density at radius 1 is 1.09 bits per heavy atom. The van der Waals surface area contributed by atoms with E-state index in [1.54, 1.807) is 48.5 Å². The fourth-order valence-corrected chi connectivity index (χ4v) is 3.35. The van der Waals surface area contributed by atoms with E-state index < -0.39 is 10.0 Å². The van der Waals surface area contributed by atoms with Crippen LogP contribution in [0.4, 0.5) is 5.69 Å². The van der Waals surface area contributed by atoms with Gasteiger partial charge < -0.3 is 0 Å². The molecule has 0 spiro atoms. The van der Waals surface area contributed by atoms with Crippen LogP contribution in [0, 0.1) is 6.92 Å². The molecule has 5 heteroatoms. The van der Waals surface area contributed by atoms with Crippen molar-refractivity contribution >= 4 is 21.5 Å². The first kappa shape index (κ1) is 16.7. The summed E-state index contributed by atoms with van der Waals surface area (Å²) >= 11 is 0. The average molecular weight is 327 g/mol. The topological polar surface area (TPSA) is 54.5 Å². The second kappa shape index (κ2) is 6.65. The van der Waals surface area contributed by atoms with Crippen LogP contribution in [0.25, 0.3) is 0 Å². The molecule has 0 aliphatic carbocycles. The highest BCUT2D eigenvalue weighted by Gasteiger charge is 2.23. The molecule has 118 valence electrons. The van der Waals surface area contributed by atoms with E-state index in [2.05, 4.69) is 12.3 Å². The molecule has 0 aliphatic rings. The quantitative estimate of drug-likeness (QED) is 0.621. The first-order valence-electron chi connectivity index (χ1n) is 6.94. The first-order valence-corrected chi connectivity index (χ1v) is 8.38. The van der Waals surface area contributed by atoms with E-state index >= 15 is 0 Å². The fourth-order valence-electron chi connectivity index (χ4n) is 2.03. The minimum absolute atomic E-state index is 0.0799. The zero-order valence-corrected chi connectivity index (χ0v) is 13.8. The Labute approximate surface area is 136 Å². The number of Topliss-reactive ketones (excluding diaryl/α,β-unsaturated/α-hetero) is 1. The molecule has 0 heterocycles. The third-order valence-corrected chi connectivity index (χ3v) is 5.02. The van der Waals surface area contributed by atoms with Gasteiger partial charge in [0, 0.05) is 5.56 Å². The van der Waals surface area contributed by atoms with E-state index in [9.17, 15) is 13.2 Å². The van der Waals surface area contributed by atoms with Gasteiger partial charge in [-0.2, -0.15) is 0 Å². The Balaban J connectivity index is 2.51. The van der Waals surface area contributed by atoms with Crippen molar-refractivity contribution in [3.8, 4) is 0 Å². The summed E-state index contributed by atoms with van der Waals surface area (Å²) in [6.07, 6.45) is 1.26. The van der Waals surface area contributed by atoms with Gasteiger partial charge in [-0.15, -0.1) is 5.73 Å². The SMILES string of the molecule is C=C=CN(c1ccc(C(C)=O)cc1)S(=O)(=O)c1ccc(C)cc1. The van der Waals surface area contributed by atoms with Gasteiger partial charge in [0.05, 0.1) is 16.8 Å². The second-order valence-electron chi connectivity index (χ2n) is 5.05. The molecule has 0 unspecified atom stereocenters. The van der Waals surface area contributed by atoms with Crippen LogP contribution in [-0.2, 0) is 10.0 Å². The molecule has 0 aromatic heterocycles. The Morgan fingerprint density at radius 2 is 1.65 bits per heavy atom. The predicted octanol–water partition coefficient (Wildman–Crippen LogP) is 3.69. The maximum Gasteiger partial charge on any atom is 0.268 e.